The van der Waals surface area contributed by atoms with E-state index in [1.54, 1.807) is 0 Å². The van der Waals surface area contributed by atoms with Crippen LogP contribution in [0.3, 0.4) is 0 Å². The molecule has 2 rings (SSSR count). The highest BCUT2D eigenvalue weighted by atomic mass is 16.5. The Bertz CT molecular complexity index is 647. The second kappa shape index (κ2) is 8.28. The summed E-state index contributed by atoms with van der Waals surface area (Å²) in [5.41, 5.74) is 2.43. The maximum atomic E-state index is 5.85. The minimum Gasteiger partial charge on any atom is -0.489 e. The van der Waals surface area contributed by atoms with Crippen molar-refractivity contribution in [2.45, 2.75) is 12.5 Å². The largest absolute Gasteiger partial charge is 0.489 e. The molecule has 0 atom stereocenters. The van der Waals surface area contributed by atoms with Crippen LogP contribution in [-0.2, 0) is 6.61 Å². The third kappa shape index (κ3) is 5.70. The predicted octanol–water partition coefficient (Wildman–Crippen LogP) is 3.04. The summed E-state index contributed by atoms with van der Waals surface area (Å²) in [6, 6.07) is 18.6. The molecule has 0 saturated heterocycles. The molecule has 3 heteroatoms. The van der Waals surface area contributed by atoms with Crippen molar-refractivity contribution < 1.29 is 13.9 Å². The molecule has 0 amide bonds. The van der Waals surface area contributed by atoms with Gasteiger partial charge in [-0.2, -0.15) is 0 Å². The number of benzene rings is 2. The van der Waals surface area contributed by atoms with Crippen molar-refractivity contribution in [2.75, 3.05) is 28.2 Å². The smallest absolute Gasteiger partial charge is 0.156 e. The Morgan fingerprint density at radius 1 is 0.826 bits per heavy atom. The average molecular weight is 310 g/mol. The Morgan fingerprint density at radius 2 is 1.39 bits per heavy atom. The Balaban J connectivity index is 2.08. The maximum Gasteiger partial charge on any atom is 0.156 e. The molecule has 3 nitrogen and oxygen atoms in total. The normalized spacial score (nSPS) is 10.3. The van der Waals surface area contributed by atoms with E-state index in [0.29, 0.717) is 6.61 Å². The summed E-state index contributed by atoms with van der Waals surface area (Å²) in [7, 11) is 8.20. The molecule has 0 bridgehead atoms. The molecule has 0 aliphatic carbocycles. The zero-order valence-electron chi connectivity index (χ0n) is 14.4. The van der Waals surface area contributed by atoms with Gasteiger partial charge in [-0.3, -0.25) is 0 Å². The van der Waals surface area contributed by atoms with Crippen LogP contribution in [0, 0.1) is 0 Å². The molecule has 120 valence electrons. The van der Waals surface area contributed by atoms with Gasteiger partial charge in [0.15, 0.2) is 12.4 Å². The van der Waals surface area contributed by atoms with Crippen LogP contribution >= 0.6 is 0 Å². The maximum absolute atomic E-state index is 5.85. The molecule has 2 aromatic carbocycles. The first-order valence-electron chi connectivity index (χ1n) is 7.84. The van der Waals surface area contributed by atoms with Crippen LogP contribution in [0.25, 0.3) is 0 Å². The van der Waals surface area contributed by atoms with Crippen molar-refractivity contribution in [2.24, 2.45) is 0 Å². The van der Waals surface area contributed by atoms with Crippen LogP contribution in [-0.4, -0.2) is 49.8 Å². The van der Waals surface area contributed by atoms with E-state index in [4.69, 9.17) is 4.74 Å². The van der Waals surface area contributed by atoms with Crippen LogP contribution in [0.2, 0.25) is 0 Å². The van der Waals surface area contributed by atoms with Crippen LogP contribution < -0.4 is 4.74 Å². The SMILES string of the molecule is C[N+](C)=CC(C=[N+](C)C)c1ccc(OCc2ccccc2)cc1. The quantitative estimate of drug-likeness (QED) is 0.591. The van der Waals surface area contributed by atoms with Gasteiger partial charge in [0.2, 0.25) is 0 Å². The predicted molar refractivity (Wildman–Crippen MR) is 96.3 cm³/mol. The lowest BCUT2D eigenvalue weighted by atomic mass is 10.0. The Labute approximate surface area is 139 Å². The summed E-state index contributed by atoms with van der Waals surface area (Å²) in [5.74, 6) is 1.15. The van der Waals surface area contributed by atoms with Crippen molar-refractivity contribution in [1.82, 2.24) is 0 Å². The molecule has 0 unspecified atom stereocenters. The first-order chi connectivity index (χ1) is 11.0. The van der Waals surface area contributed by atoms with Gasteiger partial charge in [-0.05, 0) is 23.3 Å². The van der Waals surface area contributed by atoms with E-state index in [2.05, 4.69) is 45.8 Å². The summed E-state index contributed by atoms with van der Waals surface area (Å²) in [4.78, 5) is 0. The van der Waals surface area contributed by atoms with Gasteiger partial charge in [-0.1, -0.05) is 42.5 Å². The van der Waals surface area contributed by atoms with Gasteiger partial charge < -0.3 is 4.74 Å². The first kappa shape index (κ1) is 16.9. The molecule has 2 aromatic rings. The van der Waals surface area contributed by atoms with Crippen LogP contribution in [0.5, 0.6) is 5.75 Å². The molecular formula is C20H26N2O+2. The van der Waals surface area contributed by atoms with E-state index in [9.17, 15) is 0 Å². The van der Waals surface area contributed by atoms with E-state index in [1.165, 1.54) is 11.1 Å². The summed E-state index contributed by atoms with van der Waals surface area (Å²) in [6.45, 7) is 0.595. The molecule has 0 aliphatic rings. The lowest BCUT2D eigenvalue weighted by Crippen LogP contribution is -2.15. The van der Waals surface area contributed by atoms with Gasteiger partial charge in [-0.15, -0.1) is 0 Å². The number of nitrogens with zero attached hydrogens (tertiary/aromatic N) is 2. The van der Waals surface area contributed by atoms with E-state index in [0.717, 1.165) is 5.75 Å². The highest BCUT2D eigenvalue weighted by Crippen LogP contribution is 2.18. The molecule has 0 radical (unpaired) electrons. The second-order valence-corrected chi connectivity index (χ2v) is 6.09. The summed E-state index contributed by atoms with van der Waals surface area (Å²) >= 11 is 0. The van der Waals surface area contributed by atoms with Gasteiger partial charge in [-0.25, -0.2) is 9.15 Å². The zero-order chi connectivity index (χ0) is 16.7. The Hall–Kier alpha value is -2.42. The van der Waals surface area contributed by atoms with Crippen molar-refractivity contribution in [1.29, 1.82) is 0 Å². The highest BCUT2D eigenvalue weighted by Gasteiger charge is 2.14. The van der Waals surface area contributed by atoms with Gasteiger partial charge in [0, 0.05) is 0 Å². The monoisotopic (exact) mass is 310 g/mol. The topological polar surface area (TPSA) is 15.2 Å². The lowest BCUT2D eigenvalue weighted by Gasteiger charge is -2.08. The van der Waals surface area contributed by atoms with E-state index < -0.39 is 0 Å². The number of hydrogen-bond acceptors (Lipinski definition) is 1. The molecule has 0 saturated carbocycles. The fourth-order valence-electron chi connectivity index (χ4n) is 2.38. The van der Waals surface area contributed by atoms with E-state index in [1.807, 2.05) is 58.5 Å². The number of ether oxygens (including phenoxy) is 1. The molecule has 0 N–H and O–H groups in total. The molecular weight excluding hydrogens is 284 g/mol. The van der Waals surface area contributed by atoms with Crippen LogP contribution in [0.15, 0.2) is 54.6 Å². The standard InChI is InChI=1S/C20H26N2O/c1-21(2)14-19(15-22(3)4)18-10-12-20(13-11-18)23-16-17-8-6-5-7-9-17/h5-15,19H,16H2,1-4H3/q+2. The summed E-state index contributed by atoms with van der Waals surface area (Å²) in [6.07, 6.45) is 4.39. The first-order valence-corrected chi connectivity index (χ1v) is 7.84. The van der Waals surface area contributed by atoms with Gasteiger partial charge in [0.1, 0.15) is 46.5 Å². The van der Waals surface area contributed by atoms with Crippen LogP contribution in [0.4, 0.5) is 0 Å². The van der Waals surface area contributed by atoms with Crippen LogP contribution in [0.1, 0.15) is 17.0 Å². The molecule has 0 aromatic heterocycles. The highest BCUT2D eigenvalue weighted by molar-refractivity contribution is 5.86. The number of rotatable bonds is 6. The second-order valence-electron chi connectivity index (χ2n) is 6.09. The van der Waals surface area contributed by atoms with Crippen molar-refractivity contribution in [3.63, 3.8) is 0 Å². The van der Waals surface area contributed by atoms with Crippen molar-refractivity contribution >= 4 is 12.4 Å². The van der Waals surface area contributed by atoms with Crippen molar-refractivity contribution in [3.8, 4) is 5.75 Å². The average Bonchev–Trinajstić information content (AvgIpc) is 2.53. The lowest BCUT2D eigenvalue weighted by molar-refractivity contribution is -0.466. The fraction of sp³-hybridized carbons (Fsp3) is 0.300. The third-order valence-electron chi connectivity index (χ3n) is 3.43. The third-order valence-corrected chi connectivity index (χ3v) is 3.43. The minimum atomic E-state index is 0.253. The van der Waals surface area contributed by atoms with E-state index in [-0.39, 0.29) is 5.92 Å². The molecule has 0 spiro atoms. The fourth-order valence-corrected chi connectivity index (χ4v) is 2.38. The van der Waals surface area contributed by atoms with Gasteiger partial charge >= 0.3 is 0 Å². The number of hydrogen-bond donors (Lipinski definition) is 0. The van der Waals surface area contributed by atoms with Gasteiger partial charge in [0.05, 0.1) is 0 Å². The molecule has 23 heavy (non-hydrogen) atoms. The van der Waals surface area contributed by atoms with Crippen molar-refractivity contribution in [3.05, 3.63) is 65.7 Å². The minimum absolute atomic E-state index is 0.253. The van der Waals surface area contributed by atoms with E-state index >= 15 is 0 Å². The molecule has 0 heterocycles. The Kier molecular flexibility index (Phi) is 6.10. The zero-order valence-corrected chi connectivity index (χ0v) is 14.4. The Morgan fingerprint density at radius 3 is 1.91 bits per heavy atom. The van der Waals surface area contributed by atoms with Gasteiger partial charge in [0.25, 0.3) is 0 Å². The summed E-state index contributed by atoms with van der Waals surface area (Å²) in [5, 5.41) is 0. The molecule has 0 fully saturated rings. The summed E-state index contributed by atoms with van der Waals surface area (Å²) < 4.78 is 10.0. The molecule has 0 aliphatic heterocycles.